The maximum atomic E-state index is 12.0. The van der Waals surface area contributed by atoms with Gasteiger partial charge in [0.05, 0.1) is 12.7 Å². The van der Waals surface area contributed by atoms with Crippen molar-refractivity contribution in [3.63, 3.8) is 0 Å². The van der Waals surface area contributed by atoms with Crippen molar-refractivity contribution in [3.8, 4) is 5.75 Å². The van der Waals surface area contributed by atoms with Gasteiger partial charge in [0.25, 0.3) is 11.8 Å². The Hall–Kier alpha value is -2.37. The van der Waals surface area contributed by atoms with Gasteiger partial charge in [0.1, 0.15) is 5.75 Å². The monoisotopic (exact) mass is 319 g/mol. The normalized spacial score (nSPS) is 14.3. The van der Waals surface area contributed by atoms with E-state index in [0.29, 0.717) is 18.1 Å². The van der Waals surface area contributed by atoms with Crippen molar-refractivity contribution in [1.29, 1.82) is 0 Å². The molecule has 1 saturated carbocycles. The second-order valence-corrected chi connectivity index (χ2v) is 5.59. The van der Waals surface area contributed by atoms with E-state index in [2.05, 4.69) is 5.32 Å². The summed E-state index contributed by atoms with van der Waals surface area (Å²) in [6, 6.07) is 6.57. The van der Waals surface area contributed by atoms with Crippen LogP contribution in [0.5, 0.6) is 5.75 Å². The Bertz CT molecular complexity index is 578. The molecule has 0 bridgehead atoms. The summed E-state index contributed by atoms with van der Waals surface area (Å²) in [6.45, 7) is -0.452. The topological polar surface area (TPSA) is 81.7 Å². The number of imide groups is 1. The fourth-order valence-corrected chi connectivity index (χ4v) is 2.72. The summed E-state index contributed by atoms with van der Waals surface area (Å²) in [6.07, 6.45) is 4.70. The van der Waals surface area contributed by atoms with Gasteiger partial charge in [-0.3, -0.25) is 19.7 Å². The van der Waals surface area contributed by atoms with Crippen LogP contribution in [0.2, 0.25) is 0 Å². The maximum Gasteiger partial charge on any atom is 0.306 e. The fourth-order valence-electron chi connectivity index (χ4n) is 2.72. The number of ether oxygens (including phenoxy) is 2. The van der Waals surface area contributed by atoms with E-state index in [-0.39, 0.29) is 5.56 Å². The molecule has 124 valence electrons. The number of carbonyl (C=O) groups is 3. The van der Waals surface area contributed by atoms with Crippen LogP contribution in [0.3, 0.4) is 0 Å². The Morgan fingerprint density at radius 3 is 2.57 bits per heavy atom. The van der Waals surface area contributed by atoms with Gasteiger partial charge in [-0.05, 0) is 30.9 Å². The third-order valence-corrected chi connectivity index (χ3v) is 3.90. The van der Waals surface area contributed by atoms with Gasteiger partial charge in [-0.1, -0.05) is 25.0 Å². The van der Waals surface area contributed by atoms with E-state index in [9.17, 15) is 14.4 Å². The standard InChI is InChI=1S/C17H21NO5/c1-22-14-9-5-4-8-13(14)17(21)18-15(19)11-23-16(20)10-12-6-2-3-7-12/h4-5,8-9,12H,2-3,6-7,10-11H2,1H3,(H,18,19,21). The quantitative estimate of drug-likeness (QED) is 0.812. The highest BCUT2D eigenvalue weighted by Crippen LogP contribution is 2.27. The summed E-state index contributed by atoms with van der Waals surface area (Å²) in [5.41, 5.74) is 0.251. The van der Waals surface area contributed by atoms with E-state index in [1.54, 1.807) is 24.3 Å². The molecule has 6 heteroatoms. The highest BCUT2D eigenvalue weighted by Gasteiger charge is 2.20. The molecule has 2 rings (SSSR count). The average molecular weight is 319 g/mol. The molecule has 1 fully saturated rings. The number of esters is 1. The zero-order valence-electron chi connectivity index (χ0n) is 13.2. The van der Waals surface area contributed by atoms with Crippen LogP contribution in [-0.2, 0) is 14.3 Å². The number of methoxy groups -OCH3 is 1. The minimum atomic E-state index is -0.652. The molecule has 1 aromatic rings. The fraction of sp³-hybridized carbons (Fsp3) is 0.471. The van der Waals surface area contributed by atoms with Crippen molar-refractivity contribution < 1.29 is 23.9 Å². The van der Waals surface area contributed by atoms with Gasteiger partial charge in [0.2, 0.25) is 0 Å². The molecule has 23 heavy (non-hydrogen) atoms. The van der Waals surface area contributed by atoms with E-state index in [1.165, 1.54) is 7.11 Å². The number of carbonyl (C=O) groups excluding carboxylic acids is 3. The van der Waals surface area contributed by atoms with Crippen molar-refractivity contribution in [2.75, 3.05) is 13.7 Å². The molecular weight excluding hydrogens is 298 g/mol. The summed E-state index contributed by atoms with van der Waals surface area (Å²) >= 11 is 0. The van der Waals surface area contributed by atoms with Gasteiger partial charge in [-0.15, -0.1) is 0 Å². The number of rotatable bonds is 6. The minimum Gasteiger partial charge on any atom is -0.496 e. The number of para-hydroxylation sites is 1. The second kappa shape index (κ2) is 8.31. The van der Waals surface area contributed by atoms with Crippen molar-refractivity contribution in [1.82, 2.24) is 5.32 Å². The lowest BCUT2D eigenvalue weighted by Gasteiger charge is -2.10. The zero-order valence-corrected chi connectivity index (χ0v) is 13.2. The Morgan fingerprint density at radius 1 is 1.17 bits per heavy atom. The summed E-state index contributed by atoms with van der Waals surface area (Å²) in [5, 5.41) is 2.18. The van der Waals surface area contributed by atoms with E-state index in [0.717, 1.165) is 25.7 Å². The first-order valence-electron chi connectivity index (χ1n) is 7.73. The molecule has 1 aliphatic rings. The Balaban J connectivity index is 1.77. The van der Waals surface area contributed by atoms with Crippen molar-refractivity contribution >= 4 is 17.8 Å². The van der Waals surface area contributed by atoms with Gasteiger partial charge in [0.15, 0.2) is 6.61 Å². The third kappa shape index (κ3) is 5.09. The third-order valence-electron chi connectivity index (χ3n) is 3.90. The predicted octanol–water partition coefficient (Wildman–Crippen LogP) is 2.08. The Morgan fingerprint density at radius 2 is 1.87 bits per heavy atom. The van der Waals surface area contributed by atoms with Crippen LogP contribution in [0.25, 0.3) is 0 Å². The molecule has 0 saturated heterocycles. The Kier molecular flexibility index (Phi) is 6.14. The molecule has 0 radical (unpaired) electrons. The van der Waals surface area contributed by atoms with Crippen molar-refractivity contribution in [3.05, 3.63) is 29.8 Å². The highest BCUT2D eigenvalue weighted by molar-refractivity contribution is 6.06. The smallest absolute Gasteiger partial charge is 0.306 e. The highest BCUT2D eigenvalue weighted by atomic mass is 16.5. The molecule has 0 aromatic heterocycles. The maximum absolute atomic E-state index is 12.0. The number of hydrogen-bond donors (Lipinski definition) is 1. The molecule has 0 heterocycles. The molecule has 0 atom stereocenters. The van der Waals surface area contributed by atoms with Crippen LogP contribution in [0, 0.1) is 5.92 Å². The first-order valence-corrected chi connectivity index (χ1v) is 7.73. The number of hydrogen-bond acceptors (Lipinski definition) is 5. The summed E-state index contributed by atoms with van der Waals surface area (Å²) in [4.78, 5) is 35.4. The molecule has 6 nitrogen and oxygen atoms in total. The molecule has 0 aliphatic heterocycles. The van der Waals surface area contributed by atoms with Gasteiger partial charge in [-0.2, -0.15) is 0 Å². The van der Waals surface area contributed by atoms with Crippen LogP contribution < -0.4 is 10.1 Å². The second-order valence-electron chi connectivity index (χ2n) is 5.59. The van der Waals surface area contributed by atoms with Gasteiger partial charge >= 0.3 is 5.97 Å². The van der Waals surface area contributed by atoms with Crippen molar-refractivity contribution in [2.45, 2.75) is 32.1 Å². The van der Waals surface area contributed by atoms with Crippen molar-refractivity contribution in [2.24, 2.45) is 5.92 Å². The predicted molar refractivity (Wildman–Crippen MR) is 83.0 cm³/mol. The van der Waals surface area contributed by atoms with Gasteiger partial charge in [0, 0.05) is 6.42 Å². The minimum absolute atomic E-state index is 0.251. The number of nitrogens with one attached hydrogen (secondary N) is 1. The van der Waals surface area contributed by atoms with E-state index < -0.39 is 24.4 Å². The Labute approximate surface area is 135 Å². The first kappa shape index (κ1) is 17.0. The lowest BCUT2D eigenvalue weighted by atomic mass is 10.1. The van der Waals surface area contributed by atoms with Crippen LogP contribution in [-0.4, -0.2) is 31.5 Å². The molecular formula is C17H21NO5. The molecule has 1 aromatic carbocycles. The van der Waals surface area contributed by atoms with Gasteiger partial charge in [-0.25, -0.2) is 0 Å². The van der Waals surface area contributed by atoms with E-state index >= 15 is 0 Å². The van der Waals surface area contributed by atoms with Crippen LogP contribution >= 0.6 is 0 Å². The largest absolute Gasteiger partial charge is 0.496 e. The molecule has 1 N–H and O–H groups in total. The summed E-state index contributed by atoms with van der Waals surface area (Å²) < 4.78 is 9.99. The number of amides is 2. The molecule has 2 amide bonds. The zero-order chi connectivity index (χ0) is 16.7. The molecule has 1 aliphatic carbocycles. The van der Waals surface area contributed by atoms with Crippen LogP contribution in [0.15, 0.2) is 24.3 Å². The number of benzene rings is 1. The lowest BCUT2D eigenvalue weighted by Crippen LogP contribution is -2.34. The molecule has 0 unspecified atom stereocenters. The first-order chi connectivity index (χ1) is 11.1. The van der Waals surface area contributed by atoms with E-state index in [4.69, 9.17) is 9.47 Å². The van der Waals surface area contributed by atoms with E-state index in [1.807, 2.05) is 0 Å². The van der Waals surface area contributed by atoms with Crippen LogP contribution in [0.1, 0.15) is 42.5 Å². The van der Waals surface area contributed by atoms with Gasteiger partial charge < -0.3 is 9.47 Å². The van der Waals surface area contributed by atoms with Crippen LogP contribution in [0.4, 0.5) is 0 Å². The SMILES string of the molecule is COc1ccccc1C(=O)NC(=O)COC(=O)CC1CCCC1. The summed E-state index contributed by atoms with van der Waals surface area (Å²) in [5.74, 6) is -0.895. The lowest BCUT2D eigenvalue weighted by molar-refractivity contribution is -0.149. The molecule has 0 spiro atoms. The average Bonchev–Trinajstić information content (AvgIpc) is 3.05. The summed E-state index contributed by atoms with van der Waals surface area (Å²) in [7, 11) is 1.44.